The molecule has 0 bridgehead atoms. The van der Waals surface area contributed by atoms with E-state index in [1.54, 1.807) is 0 Å². The summed E-state index contributed by atoms with van der Waals surface area (Å²) < 4.78 is 0. The third-order valence-corrected chi connectivity index (χ3v) is 7.30. The Hall–Kier alpha value is -5.20. The van der Waals surface area contributed by atoms with Crippen molar-refractivity contribution >= 4 is 21.9 Å². The Morgan fingerprint density at radius 1 is 0.568 bits per heavy atom. The van der Waals surface area contributed by atoms with Crippen LogP contribution in [0.15, 0.2) is 193 Å². The molecule has 0 atom stereocenters. The van der Waals surface area contributed by atoms with Crippen molar-refractivity contribution in [3.05, 3.63) is 216 Å². The molecule has 0 radical (unpaired) electrons. The zero-order valence-corrected chi connectivity index (χ0v) is 26.3. The van der Waals surface area contributed by atoms with Crippen LogP contribution in [0.3, 0.4) is 0 Å². The molecule has 3 aromatic rings. The topological polar surface area (TPSA) is 0 Å². The van der Waals surface area contributed by atoms with Gasteiger partial charge < -0.3 is 0 Å². The molecule has 0 unspecified atom stereocenters. The van der Waals surface area contributed by atoms with Crippen LogP contribution in [-0.2, 0) is 0 Å². The lowest BCUT2D eigenvalue weighted by Crippen LogP contribution is -1.92. The van der Waals surface area contributed by atoms with E-state index in [-0.39, 0.29) is 0 Å². The van der Waals surface area contributed by atoms with E-state index in [0.717, 1.165) is 16.7 Å². The van der Waals surface area contributed by atoms with Crippen molar-refractivity contribution in [2.75, 3.05) is 0 Å². The first-order valence-corrected chi connectivity index (χ1v) is 15.2. The molecule has 1 aliphatic rings. The highest BCUT2D eigenvalue weighted by molar-refractivity contribution is 5.92. The van der Waals surface area contributed by atoms with Crippen molar-refractivity contribution in [1.29, 1.82) is 0 Å². The van der Waals surface area contributed by atoms with Gasteiger partial charge in [0, 0.05) is 0 Å². The van der Waals surface area contributed by atoms with Gasteiger partial charge in [0.1, 0.15) is 0 Å². The second-order valence-electron chi connectivity index (χ2n) is 10.7. The summed E-state index contributed by atoms with van der Waals surface area (Å²) in [7, 11) is 0. The zero-order chi connectivity index (χ0) is 31.0. The summed E-state index contributed by atoms with van der Waals surface area (Å²) in [6, 6.07) is 30.5. The fourth-order valence-electron chi connectivity index (χ4n) is 4.83. The van der Waals surface area contributed by atoms with Gasteiger partial charge in [-0.1, -0.05) is 181 Å². The zero-order valence-electron chi connectivity index (χ0n) is 26.3. The van der Waals surface area contributed by atoms with Gasteiger partial charge in [-0.3, -0.25) is 0 Å². The molecule has 0 heteroatoms. The largest absolute Gasteiger partial charge is 0.0877 e. The number of benzene rings is 2. The predicted octanol–water partition coefficient (Wildman–Crippen LogP) is 12.3. The number of aryl methyl sites for hydroxylation is 2. The summed E-state index contributed by atoms with van der Waals surface area (Å²) in [5.74, 6) is 0. The number of fused-ring (bicyclic) bond motifs is 1. The van der Waals surface area contributed by atoms with E-state index in [1.807, 2.05) is 25.2 Å². The Kier molecular flexibility index (Phi) is 12.3. The van der Waals surface area contributed by atoms with Gasteiger partial charge in [0.2, 0.25) is 0 Å². The maximum atomic E-state index is 2.34. The minimum atomic E-state index is 1.12. The van der Waals surface area contributed by atoms with Gasteiger partial charge in [-0.2, -0.15) is 0 Å². The summed E-state index contributed by atoms with van der Waals surface area (Å²) in [5, 5.41) is 2.45. The quantitative estimate of drug-likeness (QED) is 0.259. The minimum absolute atomic E-state index is 1.12. The van der Waals surface area contributed by atoms with Crippen LogP contribution in [0.4, 0.5) is 0 Å². The number of allylic oxidation sites excluding steroid dienone is 20. The number of hydrogen-bond acceptors (Lipinski definition) is 0. The van der Waals surface area contributed by atoms with Crippen molar-refractivity contribution in [2.45, 2.75) is 27.7 Å². The van der Waals surface area contributed by atoms with Crippen molar-refractivity contribution in [3.63, 3.8) is 0 Å². The molecule has 0 heterocycles. The molecule has 4 rings (SSSR count). The average Bonchev–Trinajstić information content (AvgIpc) is 3.03. The maximum absolute atomic E-state index is 2.34. The number of hydrogen-bond donors (Lipinski definition) is 0. The lowest BCUT2D eigenvalue weighted by molar-refractivity contribution is 1.43. The van der Waals surface area contributed by atoms with Crippen LogP contribution in [0.5, 0.6) is 0 Å². The molecule has 0 aromatic heterocycles. The molecule has 0 aliphatic heterocycles. The van der Waals surface area contributed by atoms with Gasteiger partial charge in [-0.25, -0.2) is 0 Å². The lowest BCUT2D eigenvalue weighted by Gasteiger charge is -2.14. The van der Waals surface area contributed by atoms with E-state index in [9.17, 15) is 0 Å². The van der Waals surface area contributed by atoms with E-state index < -0.39 is 0 Å². The Balaban J connectivity index is 2.04. The fraction of sp³-hybridized carbons (Fsp3) is 0.0909. The SMILES string of the molecule is C\C=C/C=C\C(\C=C(C1=C/C=C/C=C/C=C\C=C/C=C\1)\c1ccc2ccccc2c1)=C(\C)c1ccc(C)ccccc(C)c1. The lowest BCUT2D eigenvalue weighted by atomic mass is 9.90. The molecule has 218 valence electrons. The first kappa shape index (κ1) is 31.7. The maximum Gasteiger partial charge on any atom is -0.0105 e. The molecule has 3 aromatic carbocycles. The van der Waals surface area contributed by atoms with Crippen molar-refractivity contribution < 1.29 is 0 Å². The second-order valence-corrected chi connectivity index (χ2v) is 10.7. The minimum Gasteiger partial charge on any atom is -0.0877 e. The highest BCUT2D eigenvalue weighted by Crippen LogP contribution is 2.31. The molecule has 0 saturated carbocycles. The van der Waals surface area contributed by atoms with Crippen LogP contribution in [0.25, 0.3) is 21.9 Å². The third-order valence-electron chi connectivity index (χ3n) is 7.30. The normalized spacial score (nSPS) is 19.2. The second kappa shape index (κ2) is 17.0. The van der Waals surface area contributed by atoms with E-state index in [4.69, 9.17) is 0 Å². The standard InChI is InChI=1S/C44H42/c1-5-6-14-26-40(37(4)41-29-28-35(2)21-17-18-22-36(3)32-41)34-44(43-31-30-38-23-19-20-27-42(38)33-43)39-24-15-12-10-8-7-9-11-13-16-25-39/h5-34H,1-4H3/b6-5-,8-7-,9-7?,10-8?,11-9+,12-10-,13-11?,15-12?,16-13+,18-17?,21-17?,22-18?,24-15-,25-16?,26-14-,29-28?,35-21?,35-28?,36-22?,36-32?,39-24?,39-25+,40-37+,41-29?,41-32?,44-34+. The van der Waals surface area contributed by atoms with Gasteiger partial charge in [-0.05, 0) is 84.0 Å². The van der Waals surface area contributed by atoms with E-state index in [0.29, 0.717) is 0 Å². The van der Waals surface area contributed by atoms with Gasteiger partial charge in [0.05, 0.1) is 0 Å². The van der Waals surface area contributed by atoms with Crippen LogP contribution >= 0.6 is 0 Å². The highest BCUT2D eigenvalue weighted by Gasteiger charge is 2.10. The molecular weight excluding hydrogens is 528 g/mol. The summed E-state index contributed by atoms with van der Waals surface area (Å²) in [5.41, 5.74) is 9.37. The van der Waals surface area contributed by atoms with Crippen molar-refractivity contribution in [3.8, 4) is 0 Å². The van der Waals surface area contributed by atoms with E-state index in [2.05, 4.69) is 185 Å². The Bertz CT molecular complexity index is 1820. The third kappa shape index (κ3) is 9.68. The first-order chi connectivity index (χ1) is 21.5. The van der Waals surface area contributed by atoms with E-state index in [1.165, 1.54) is 38.6 Å². The molecule has 0 amide bonds. The van der Waals surface area contributed by atoms with E-state index >= 15 is 0 Å². The molecule has 0 nitrogen and oxygen atoms in total. The molecule has 0 N–H and O–H groups in total. The average molecular weight is 571 g/mol. The molecular formula is C44H42. The predicted molar refractivity (Wildman–Crippen MR) is 196 cm³/mol. The summed E-state index contributed by atoms with van der Waals surface area (Å²) in [4.78, 5) is 0. The van der Waals surface area contributed by atoms with Gasteiger partial charge in [-0.15, -0.1) is 0 Å². The Morgan fingerprint density at radius 2 is 1.20 bits per heavy atom. The van der Waals surface area contributed by atoms with Gasteiger partial charge in [0.15, 0.2) is 0 Å². The van der Waals surface area contributed by atoms with Gasteiger partial charge >= 0.3 is 0 Å². The smallest absolute Gasteiger partial charge is 0.0105 e. The Labute approximate surface area is 264 Å². The van der Waals surface area contributed by atoms with Crippen molar-refractivity contribution in [2.24, 2.45) is 0 Å². The van der Waals surface area contributed by atoms with Crippen LogP contribution in [0, 0.1) is 13.8 Å². The molecule has 0 fully saturated rings. The van der Waals surface area contributed by atoms with Crippen LogP contribution in [0.2, 0.25) is 0 Å². The molecule has 0 spiro atoms. The summed E-state index contributed by atoms with van der Waals surface area (Å²) >= 11 is 0. The molecule has 0 saturated heterocycles. The molecule has 44 heavy (non-hydrogen) atoms. The summed E-state index contributed by atoms with van der Waals surface area (Å²) in [6.45, 7) is 8.55. The van der Waals surface area contributed by atoms with Crippen LogP contribution in [0.1, 0.15) is 36.1 Å². The highest BCUT2D eigenvalue weighted by atomic mass is 14.1. The van der Waals surface area contributed by atoms with Gasteiger partial charge in [0.25, 0.3) is 0 Å². The molecule has 1 aliphatic carbocycles. The fourth-order valence-corrected chi connectivity index (χ4v) is 4.83. The van der Waals surface area contributed by atoms with Crippen LogP contribution in [-0.4, -0.2) is 0 Å². The Morgan fingerprint density at radius 3 is 1.95 bits per heavy atom. The summed E-state index contributed by atoms with van der Waals surface area (Å²) in [6.07, 6.45) is 33.8. The van der Waals surface area contributed by atoms with Crippen molar-refractivity contribution in [1.82, 2.24) is 0 Å². The first-order valence-electron chi connectivity index (χ1n) is 15.2. The van der Waals surface area contributed by atoms with Crippen LogP contribution < -0.4 is 0 Å². The monoisotopic (exact) mass is 570 g/mol. The number of rotatable bonds is 6.